The van der Waals surface area contributed by atoms with Crippen LogP contribution in [-0.4, -0.2) is 9.97 Å². The number of nitrogens with one attached hydrogen (secondary N) is 1. The Morgan fingerprint density at radius 3 is 2.91 bits per heavy atom. The molecule has 0 aliphatic rings. The summed E-state index contributed by atoms with van der Waals surface area (Å²) in [6.07, 6.45) is 0. The fraction of sp³-hybridized carbons (Fsp3) is 0. The summed E-state index contributed by atoms with van der Waals surface area (Å²) < 4.78 is 4.40. The lowest BCUT2D eigenvalue weighted by Gasteiger charge is -1.81. The lowest BCUT2D eigenvalue weighted by atomic mass is 10.3. The van der Waals surface area contributed by atoms with Crippen molar-refractivity contribution in [1.82, 2.24) is 9.97 Å². The topological polar surface area (TPSA) is 37.9 Å². The molecule has 0 atom stereocenters. The maximum Gasteiger partial charge on any atom is 0.314 e. The van der Waals surface area contributed by atoms with E-state index in [4.69, 9.17) is 11.9 Å². The van der Waals surface area contributed by atoms with Crippen molar-refractivity contribution >= 4 is 22.9 Å². The molecule has 1 aromatic heterocycles. The van der Waals surface area contributed by atoms with Crippen LogP contribution in [0.1, 0.15) is 0 Å². The van der Waals surface area contributed by atoms with Crippen molar-refractivity contribution in [2.24, 2.45) is 0 Å². The molecule has 0 aliphatic heterocycles. The highest BCUT2D eigenvalue weighted by atomic mass is 35.5. The van der Waals surface area contributed by atoms with Crippen LogP contribution in [0, 0.1) is 0 Å². The second-order valence-electron chi connectivity index (χ2n) is 2.14. The molecule has 0 saturated carbocycles. The highest BCUT2D eigenvalue weighted by Gasteiger charge is 1.99. The van der Waals surface area contributed by atoms with Gasteiger partial charge in [-0.3, -0.25) is 0 Å². The molecule has 1 N–H and O–H groups in total. The smallest absolute Gasteiger partial charge is 0.314 e. The number of imidazole rings is 1. The van der Waals surface area contributed by atoms with E-state index in [9.17, 15) is 0 Å². The molecule has 1 aromatic carbocycles. The largest absolute Gasteiger partial charge is 0.347 e. The van der Waals surface area contributed by atoms with Crippen molar-refractivity contribution in [3.8, 4) is 6.01 Å². The molecule has 1 heterocycles. The van der Waals surface area contributed by atoms with Crippen molar-refractivity contribution in [1.29, 1.82) is 0 Å². The standard InChI is InChI=1S/C7H5ClN2O/c8-11-7-9-5-3-1-2-4-6(5)10-7/h1-4H,(H,9,10). The first-order valence-electron chi connectivity index (χ1n) is 3.13. The van der Waals surface area contributed by atoms with E-state index in [0.29, 0.717) is 6.01 Å². The molecule has 0 saturated heterocycles. The Labute approximate surface area is 68.1 Å². The highest BCUT2D eigenvalue weighted by molar-refractivity contribution is 6.08. The molecule has 0 fully saturated rings. The number of para-hydroxylation sites is 2. The van der Waals surface area contributed by atoms with Crippen molar-refractivity contribution in [3.05, 3.63) is 24.3 Å². The normalized spacial score (nSPS) is 10.3. The van der Waals surface area contributed by atoms with Gasteiger partial charge in [-0.1, -0.05) is 12.1 Å². The first kappa shape index (κ1) is 6.49. The van der Waals surface area contributed by atoms with Crippen LogP contribution in [0.4, 0.5) is 0 Å². The molecule has 11 heavy (non-hydrogen) atoms. The van der Waals surface area contributed by atoms with Gasteiger partial charge in [-0.25, -0.2) is 0 Å². The van der Waals surface area contributed by atoms with E-state index < -0.39 is 0 Å². The molecule has 3 nitrogen and oxygen atoms in total. The molecular weight excluding hydrogens is 164 g/mol. The van der Waals surface area contributed by atoms with Crippen LogP contribution in [0.3, 0.4) is 0 Å². The molecule has 0 spiro atoms. The Bertz CT molecular complexity index is 338. The zero-order valence-electron chi connectivity index (χ0n) is 5.54. The lowest BCUT2D eigenvalue weighted by Crippen LogP contribution is -1.73. The van der Waals surface area contributed by atoms with Crippen LogP contribution in [0.2, 0.25) is 0 Å². The van der Waals surface area contributed by atoms with E-state index in [1.807, 2.05) is 24.3 Å². The predicted octanol–water partition coefficient (Wildman–Crippen LogP) is 2.10. The number of fused-ring (bicyclic) bond motifs is 1. The molecule has 0 radical (unpaired) electrons. The Morgan fingerprint density at radius 1 is 1.36 bits per heavy atom. The Morgan fingerprint density at radius 2 is 2.18 bits per heavy atom. The molecule has 0 unspecified atom stereocenters. The van der Waals surface area contributed by atoms with Crippen molar-refractivity contribution < 1.29 is 4.29 Å². The third kappa shape index (κ3) is 1.03. The minimum absolute atomic E-state index is 0.327. The first-order chi connectivity index (χ1) is 5.40. The predicted molar refractivity (Wildman–Crippen MR) is 42.6 cm³/mol. The monoisotopic (exact) mass is 168 g/mol. The van der Waals surface area contributed by atoms with E-state index in [-0.39, 0.29) is 0 Å². The maximum absolute atomic E-state index is 5.10. The van der Waals surface area contributed by atoms with Gasteiger partial charge in [0, 0.05) is 0 Å². The number of aromatic nitrogens is 2. The van der Waals surface area contributed by atoms with E-state index in [1.165, 1.54) is 0 Å². The van der Waals surface area contributed by atoms with E-state index in [0.717, 1.165) is 11.0 Å². The minimum atomic E-state index is 0.327. The third-order valence-electron chi connectivity index (χ3n) is 1.44. The van der Waals surface area contributed by atoms with Crippen molar-refractivity contribution in [2.75, 3.05) is 0 Å². The summed E-state index contributed by atoms with van der Waals surface area (Å²) in [5, 5.41) is 0. The number of aromatic amines is 1. The zero-order chi connectivity index (χ0) is 7.68. The number of H-pyrrole nitrogens is 1. The third-order valence-corrected chi connectivity index (χ3v) is 1.59. The van der Waals surface area contributed by atoms with Gasteiger partial charge < -0.3 is 9.27 Å². The quantitative estimate of drug-likeness (QED) is 0.708. The molecular formula is C7H5ClN2O. The first-order valence-corrected chi connectivity index (χ1v) is 3.44. The summed E-state index contributed by atoms with van der Waals surface area (Å²) in [6, 6.07) is 7.93. The van der Waals surface area contributed by atoms with Gasteiger partial charge in [-0.05, 0) is 12.1 Å². The summed E-state index contributed by atoms with van der Waals surface area (Å²) in [4.78, 5) is 6.90. The average Bonchev–Trinajstić information content (AvgIpc) is 2.46. The van der Waals surface area contributed by atoms with E-state index >= 15 is 0 Å². The Kier molecular flexibility index (Phi) is 1.43. The van der Waals surface area contributed by atoms with Crippen molar-refractivity contribution in [3.63, 3.8) is 0 Å². The van der Waals surface area contributed by atoms with Gasteiger partial charge in [0.2, 0.25) is 0 Å². The Balaban J connectivity index is 2.69. The molecule has 0 bridgehead atoms. The summed E-state index contributed by atoms with van der Waals surface area (Å²) in [5.74, 6) is 0. The number of halogens is 1. The molecule has 0 amide bonds. The van der Waals surface area contributed by atoms with Crippen LogP contribution in [0.25, 0.3) is 11.0 Å². The van der Waals surface area contributed by atoms with Crippen LogP contribution in [0.5, 0.6) is 6.01 Å². The van der Waals surface area contributed by atoms with Crippen LogP contribution >= 0.6 is 11.9 Å². The summed E-state index contributed by atoms with van der Waals surface area (Å²) in [6.45, 7) is 0. The fourth-order valence-electron chi connectivity index (χ4n) is 0.966. The van der Waals surface area contributed by atoms with Crippen LogP contribution < -0.4 is 4.29 Å². The fourth-order valence-corrected chi connectivity index (χ4v) is 1.04. The lowest BCUT2D eigenvalue weighted by molar-refractivity contribution is 0.573. The van der Waals surface area contributed by atoms with Gasteiger partial charge in [0.25, 0.3) is 0 Å². The van der Waals surface area contributed by atoms with Gasteiger partial charge in [0.1, 0.15) is 11.9 Å². The Hall–Kier alpha value is -1.22. The highest BCUT2D eigenvalue weighted by Crippen LogP contribution is 2.15. The molecule has 2 rings (SSSR count). The number of nitrogens with zero attached hydrogens (tertiary/aromatic N) is 1. The molecule has 2 aromatic rings. The zero-order valence-corrected chi connectivity index (χ0v) is 6.30. The van der Waals surface area contributed by atoms with Crippen LogP contribution in [-0.2, 0) is 0 Å². The van der Waals surface area contributed by atoms with E-state index in [2.05, 4.69) is 14.3 Å². The molecule has 0 aliphatic carbocycles. The van der Waals surface area contributed by atoms with Gasteiger partial charge in [-0.15, -0.1) is 0 Å². The summed E-state index contributed by atoms with van der Waals surface area (Å²) in [5.41, 5.74) is 1.77. The SMILES string of the molecule is ClOc1nc2ccccc2[nH]1. The van der Waals surface area contributed by atoms with Crippen molar-refractivity contribution in [2.45, 2.75) is 0 Å². The number of rotatable bonds is 1. The molecule has 56 valence electrons. The maximum atomic E-state index is 5.10. The second-order valence-corrected chi connectivity index (χ2v) is 2.29. The van der Waals surface area contributed by atoms with Gasteiger partial charge >= 0.3 is 6.01 Å². The average molecular weight is 169 g/mol. The number of hydrogen-bond acceptors (Lipinski definition) is 2. The van der Waals surface area contributed by atoms with Gasteiger partial charge in [-0.2, -0.15) is 4.98 Å². The van der Waals surface area contributed by atoms with Crippen LogP contribution in [0.15, 0.2) is 24.3 Å². The second kappa shape index (κ2) is 2.43. The minimum Gasteiger partial charge on any atom is -0.347 e. The summed E-state index contributed by atoms with van der Waals surface area (Å²) >= 11 is 5.10. The van der Waals surface area contributed by atoms with Gasteiger partial charge in [0.05, 0.1) is 11.0 Å². The number of benzene rings is 1. The molecule has 4 heteroatoms. The summed E-state index contributed by atoms with van der Waals surface area (Å²) in [7, 11) is 0. The number of hydrogen-bond donors (Lipinski definition) is 1. The van der Waals surface area contributed by atoms with E-state index in [1.54, 1.807) is 0 Å². The van der Waals surface area contributed by atoms with Gasteiger partial charge in [0.15, 0.2) is 0 Å².